The Balaban J connectivity index is 2.64. The first kappa shape index (κ1) is 14.9. The van der Waals surface area contributed by atoms with E-state index < -0.39 is 11.8 Å². The second kappa shape index (κ2) is 6.68. The molecule has 0 aromatic carbocycles. The van der Waals surface area contributed by atoms with E-state index >= 15 is 0 Å². The van der Waals surface area contributed by atoms with Crippen molar-refractivity contribution >= 4 is 17.6 Å². The number of aliphatic hydroxyl groups is 1. The van der Waals surface area contributed by atoms with Crippen molar-refractivity contribution in [2.24, 2.45) is 0 Å². The number of halogens is 1. The van der Waals surface area contributed by atoms with Gasteiger partial charge in [-0.1, -0.05) is 11.6 Å². The highest BCUT2D eigenvalue weighted by Gasteiger charge is 2.30. The van der Waals surface area contributed by atoms with Crippen molar-refractivity contribution < 1.29 is 19.7 Å². The van der Waals surface area contributed by atoms with E-state index in [0.29, 0.717) is 23.6 Å². The first-order valence-electron chi connectivity index (χ1n) is 5.59. The lowest BCUT2D eigenvalue weighted by Crippen LogP contribution is -2.29. The summed E-state index contributed by atoms with van der Waals surface area (Å²) >= 11 is 5.83. The van der Waals surface area contributed by atoms with Crippen molar-refractivity contribution in [2.45, 2.75) is 31.5 Å². The molecule has 0 saturated heterocycles. The van der Waals surface area contributed by atoms with Gasteiger partial charge in [0.15, 0.2) is 0 Å². The molecular formula is C12H16ClNO4. The molecule has 1 aromatic rings. The zero-order chi connectivity index (χ0) is 13.6. The molecule has 5 nitrogen and oxygen atoms in total. The Labute approximate surface area is 110 Å². The number of aliphatic carboxylic acids is 1. The number of ether oxygens (including phenoxy) is 1. The average Bonchev–Trinajstić information content (AvgIpc) is 2.34. The van der Waals surface area contributed by atoms with Crippen molar-refractivity contribution in [3.63, 3.8) is 0 Å². The van der Waals surface area contributed by atoms with Gasteiger partial charge >= 0.3 is 5.97 Å². The first-order chi connectivity index (χ1) is 8.48. The van der Waals surface area contributed by atoms with Crippen LogP contribution in [0.3, 0.4) is 0 Å². The van der Waals surface area contributed by atoms with E-state index in [1.165, 1.54) is 19.4 Å². The Kier molecular flexibility index (Phi) is 5.53. The Hall–Kier alpha value is -1.17. The topological polar surface area (TPSA) is 79.7 Å². The van der Waals surface area contributed by atoms with Gasteiger partial charge in [-0.15, -0.1) is 0 Å². The molecule has 100 valence electrons. The summed E-state index contributed by atoms with van der Waals surface area (Å²) in [6, 6.07) is 3.13. The fraction of sp³-hybridized carbons (Fsp3) is 0.500. The Bertz CT molecular complexity index is 413. The number of nitrogens with zero attached hydrogens (tertiary/aromatic N) is 1. The van der Waals surface area contributed by atoms with Crippen molar-refractivity contribution in [1.29, 1.82) is 0 Å². The number of unbranched alkanes of at least 4 members (excludes halogenated alkanes) is 1. The molecule has 18 heavy (non-hydrogen) atoms. The predicted molar refractivity (Wildman–Crippen MR) is 66.3 cm³/mol. The molecule has 0 aliphatic heterocycles. The summed E-state index contributed by atoms with van der Waals surface area (Å²) in [5.74, 6) is -2.37. The summed E-state index contributed by atoms with van der Waals surface area (Å²) in [6.07, 6.45) is 2.82. The average molecular weight is 274 g/mol. The van der Waals surface area contributed by atoms with Gasteiger partial charge in [-0.25, -0.2) is 0 Å². The van der Waals surface area contributed by atoms with Crippen molar-refractivity contribution in [3.05, 3.63) is 29.0 Å². The summed E-state index contributed by atoms with van der Waals surface area (Å²) < 4.78 is 5.07. The summed E-state index contributed by atoms with van der Waals surface area (Å²) in [5.41, 5.74) is 0.327. The molecule has 0 bridgehead atoms. The molecule has 6 heteroatoms. The Morgan fingerprint density at radius 3 is 2.83 bits per heavy atom. The molecule has 0 unspecified atom stereocenters. The minimum absolute atomic E-state index is 0.0722. The molecule has 1 heterocycles. The molecule has 0 saturated carbocycles. The van der Waals surface area contributed by atoms with Gasteiger partial charge in [-0.2, -0.15) is 0 Å². The van der Waals surface area contributed by atoms with Crippen LogP contribution in [0.2, 0.25) is 5.02 Å². The van der Waals surface area contributed by atoms with Gasteiger partial charge in [0.2, 0.25) is 5.79 Å². The van der Waals surface area contributed by atoms with E-state index in [0.717, 1.165) is 0 Å². The van der Waals surface area contributed by atoms with Crippen LogP contribution in [0.5, 0.6) is 0 Å². The second-order valence-corrected chi connectivity index (χ2v) is 4.39. The van der Waals surface area contributed by atoms with Crippen LogP contribution in [0.4, 0.5) is 0 Å². The lowest BCUT2D eigenvalue weighted by Gasteiger charge is -2.25. The van der Waals surface area contributed by atoms with Crippen LogP contribution in [0.25, 0.3) is 0 Å². The standard InChI is InChI=1S/C12H16ClNO4/c1-18-12(17,6-3-2-4-11(15)16)10-8-9(13)5-7-14-10/h5,7-8,17H,2-4,6H2,1H3,(H,15,16)/t12-/m0/s1. The molecular weight excluding hydrogens is 258 g/mol. The van der Waals surface area contributed by atoms with E-state index in [9.17, 15) is 9.90 Å². The molecule has 0 aliphatic carbocycles. The quantitative estimate of drug-likeness (QED) is 0.588. The fourth-order valence-corrected chi connectivity index (χ4v) is 1.75. The fourth-order valence-electron chi connectivity index (χ4n) is 1.59. The molecule has 1 aromatic heterocycles. The Morgan fingerprint density at radius 1 is 1.56 bits per heavy atom. The van der Waals surface area contributed by atoms with Gasteiger partial charge in [-0.3, -0.25) is 9.78 Å². The molecule has 1 atom stereocenters. The maximum Gasteiger partial charge on any atom is 0.303 e. The molecule has 2 N–H and O–H groups in total. The SMILES string of the molecule is CO[C@@](O)(CCCCC(=O)O)c1cc(Cl)ccn1. The third-order valence-electron chi connectivity index (χ3n) is 2.62. The van der Waals surface area contributed by atoms with Gasteiger partial charge in [0.25, 0.3) is 0 Å². The summed E-state index contributed by atoms with van der Waals surface area (Å²) in [4.78, 5) is 14.4. The van der Waals surface area contributed by atoms with Gasteiger partial charge in [0.05, 0.1) is 0 Å². The smallest absolute Gasteiger partial charge is 0.303 e. The molecule has 0 radical (unpaired) electrons. The highest BCUT2D eigenvalue weighted by atomic mass is 35.5. The summed E-state index contributed by atoms with van der Waals surface area (Å²) in [7, 11) is 1.37. The van der Waals surface area contributed by atoms with Crippen LogP contribution in [-0.2, 0) is 15.3 Å². The summed E-state index contributed by atoms with van der Waals surface area (Å²) in [5, 5.41) is 19.3. The van der Waals surface area contributed by atoms with E-state index in [4.69, 9.17) is 21.4 Å². The number of carboxylic acids is 1. The third-order valence-corrected chi connectivity index (χ3v) is 2.85. The lowest BCUT2D eigenvalue weighted by atomic mass is 10.0. The maximum atomic E-state index is 10.4. The van der Waals surface area contributed by atoms with Crippen LogP contribution < -0.4 is 0 Å². The van der Waals surface area contributed by atoms with E-state index in [1.54, 1.807) is 6.07 Å². The maximum absolute atomic E-state index is 10.4. The van der Waals surface area contributed by atoms with Gasteiger partial charge in [0.1, 0.15) is 5.69 Å². The normalized spacial score (nSPS) is 14.2. The van der Waals surface area contributed by atoms with E-state index in [2.05, 4.69) is 4.98 Å². The van der Waals surface area contributed by atoms with Gasteiger partial charge in [-0.05, 0) is 25.0 Å². The van der Waals surface area contributed by atoms with Crippen LogP contribution in [0.15, 0.2) is 18.3 Å². The van der Waals surface area contributed by atoms with Crippen molar-refractivity contribution in [3.8, 4) is 0 Å². The van der Waals surface area contributed by atoms with Crippen molar-refractivity contribution in [2.75, 3.05) is 7.11 Å². The number of methoxy groups -OCH3 is 1. The first-order valence-corrected chi connectivity index (χ1v) is 5.97. The van der Waals surface area contributed by atoms with Crippen LogP contribution in [0, 0.1) is 0 Å². The molecule has 0 fully saturated rings. The minimum atomic E-state index is -1.52. The van der Waals surface area contributed by atoms with Crippen LogP contribution in [-0.4, -0.2) is 28.3 Å². The Morgan fingerprint density at radius 2 is 2.28 bits per heavy atom. The zero-order valence-electron chi connectivity index (χ0n) is 10.1. The highest BCUT2D eigenvalue weighted by molar-refractivity contribution is 6.30. The number of rotatable bonds is 7. The third kappa shape index (κ3) is 4.25. The van der Waals surface area contributed by atoms with Crippen LogP contribution in [0.1, 0.15) is 31.4 Å². The number of aromatic nitrogens is 1. The number of carbonyl (C=O) groups is 1. The monoisotopic (exact) mass is 273 g/mol. The molecule has 0 amide bonds. The van der Waals surface area contributed by atoms with Crippen LogP contribution >= 0.6 is 11.6 Å². The zero-order valence-corrected chi connectivity index (χ0v) is 10.9. The molecule has 0 spiro atoms. The highest BCUT2D eigenvalue weighted by Crippen LogP contribution is 2.28. The van der Waals surface area contributed by atoms with E-state index in [-0.39, 0.29) is 12.8 Å². The van der Waals surface area contributed by atoms with Gasteiger partial charge < -0.3 is 14.9 Å². The number of carboxylic acid groups (broad SMARTS) is 1. The molecule has 1 rings (SSSR count). The van der Waals surface area contributed by atoms with E-state index in [1.807, 2.05) is 0 Å². The molecule has 0 aliphatic rings. The van der Waals surface area contributed by atoms with Crippen molar-refractivity contribution in [1.82, 2.24) is 4.98 Å². The second-order valence-electron chi connectivity index (χ2n) is 3.95. The summed E-state index contributed by atoms with van der Waals surface area (Å²) in [6.45, 7) is 0. The largest absolute Gasteiger partial charge is 0.481 e. The minimum Gasteiger partial charge on any atom is -0.481 e. The predicted octanol–water partition coefficient (Wildman–Crippen LogP) is 2.17. The number of hydrogen-bond acceptors (Lipinski definition) is 4. The van der Waals surface area contributed by atoms with Gasteiger partial charge in [0, 0.05) is 31.2 Å². The lowest BCUT2D eigenvalue weighted by molar-refractivity contribution is -0.202. The number of hydrogen-bond donors (Lipinski definition) is 2. The number of pyridine rings is 1.